The van der Waals surface area contributed by atoms with Gasteiger partial charge in [-0.3, -0.25) is 4.79 Å². The second kappa shape index (κ2) is 7.02. The van der Waals surface area contributed by atoms with Gasteiger partial charge in [-0.2, -0.15) is 4.98 Å². The van der Waals surface area contributed by atoms with Crippen molar-refractivity contribution in [2.75, 3.05) is 7.11 Å². The SMILES string of the molecule is COC(=O)[C@H](C)n1cc(-c2nc(-c3ccc(Br)cc3)no2)ccc1=O. The van der Waals surface area contributed by atoms with Crippen LogP contribution in [-0.4, -0.2) is 27.8 Å². The number of rotatable bonds is 4. The van der Waals surface area contributed by atoms with Crippen molar-refractivity contribution in [2.24, 2.45) is 0 Å². The Morgan fingerprint density at radius 3 is 2.56 bits per heavy atom. The predicted molar refractivity (Wildman–Crippen MR) is 93.9 cm³/mol. The first-order valence-corrected chi connectivity index (χ1v) is 8.19. The third kappa shape index (κ3) is 3.53. The van der Waals surface area contributed by atoms with E-state index in [0.717, 1.165) is 10.0 Å². The molecular formula is C17H14BrN3O4. The number of methoxy groups -OCH3 is 1. The number of aromatic nitrogens is 3. The zero-order valence-electron chi connectivity index (χ0n) is 13.5. The van der Waals surface area contributed by atoms with E-state index in [4.69, 9.17) is 4.52 Å². The van der Waals surface area contributed by atoms with E-state index >= 15 is 0 Å². The Kier molecular flexibility index (Phi) is 4.80. The zero-order valence-corrected chi connectivity index (χ0v) is 15.1. The van der Waals surface area contributed by atoms with Gasteiger partial charge in [0.15, 0.2) is 0 Å². The van der Waals surface area contributed by atoms with Gasteiger partial charge < -0.3 is 13.8 Å². The molecule has 2 heterocycles. The van der Waals surface area contributed by atoms with Crippen LogP contribution in [0.5, 0.6) is 0 Å². The standard InChI is InChI=1S/C17H14BrN3O4/c1-10(17(23)24-2)21-9-12(5-8-14(21)22)16-19-15(20-25-16)11-3-6-13(18)7-4-11/h3-10H,1-2H3/t10-/m0/s1. The van der Waals surface area contributed by atoms with Gasteiger partial charge in [0.1, 0.15) is 6.04 Å². The minimum atomic E-state index is -0.758. The van der Waals surface area contributed by atoms with E-state index in [0.29, 0.717) is 11.4 Å². The average molecular weight is 404 g/mol. The molecule has 0 spiro atoms. The number of hydrogen-bond donors (Lipinski definition) is 0. The van der Waals surface area contributed by atoms with E-state index < -0.39 is 12.0 Å². The summed E-state index contributed by atoms with van der Waals surface area (Å²) in [7, 11) is 1.27. The molecule has 0 aliphatic carbocycles. The molecule has 3 aromatic rings. The summed E-state index contributed by atoms with van der Waals surface area (Å²) in [5.41, 5.74) is 1.01. The van der Waals surface area contributed by atoms with E-state index in [-0.39, 0.29) is 11.4 Å². The van der Waals surface area contributed by atoms with Crippen molar-refractivity contribution in [1.82, 2.24) is 14.7 Å². The summed E-state index contributed by atoms with van der Waals surface area (Å²) in [6.45, 7) is 1.58. The minimum Gasteiger partial charge on any atom is -0.467 e. The Morgan fingerprint density at radius 2 is 1.88 bits per heavy atom. The van der Waals surface area contributed by atoms with Gasteiger partial charge in [-0.1, -0.05) is 21.1 Å². The summed E-state index contributed by atoms with van der Waals surface area (Å²) in [6.07, 6.45) is 1.50. The minimum absolute atomic E-state index is 0.253. The Hall–Kier alpha value is -2.74. The fourth-order valence-corrected chi connectivity index (χ4v) is 2.54. The van der Waals surface area contributed by atoms with Crippen LogP contribution in [0.15, 0.2) is 56.4 Å². The maximum atomic E-state index is 12.0. The third-order valence-electron chi connectivity index (χ3n) is 3.67. The summed E-state index contributed by atoms with van der Waals surface area (Å²) in [6, 6.07) is 9.64. The number of carbonyl (C=O) groups is 1. The quantitative estimate of drug-likeness (QED) is 0.622. The first-order valence-electron chi connectivity index (χ1n) is 7.39. The lowest BCUT2D eigenvalue weighted by Gasteiger charge is -2.12. The normalized spacial score (nSPS) is 12.0. The largest absolute Gasteiger partial charge is 0.467 e. The van der Waals surface area contributed by atoms with Crippen molar-refractivity contribution in [2.45, 2.75) is 13.0 Å². The number of pyridine rings is 1. The maximum Gasteiger partial charge on any atom is 0.328 e. The number of nitrogens with zero attached hydrogens (tertiary/aromatic N) is 3. The van der Waals surface area contributed by atoms with E-state index in [1.807, 2.05) is 24.3 Å². The fourth-order valence-electron chi connectivity index (χ4n) is 2.27. The van der Waals surface area contributed by atoms with Crippen molar-refractivity contribution in [3.63, 3.8) is 0 Å². The van der Waals surface area contributed by atoms with Crippen LogP contribution in [0.1, 0.15) is 13.0 Å². The van der Waals surface area contributed by atoms with Gasteiger partial charge in [0.05, 0.1) is 12.7 Å². The molecule has 0 aliphatic heterocycles. The summed E-state index contributed by atoms with van der Waals surface area (Å²) in [5.74, 6) is 0.172. The van der Waals surface area contributed by atoms with Crippen LogP contribution in [-0.2, 0) is 9.53 Å². The van der Waals surface area contributed by atoms with Crippen LogP contribution >= 0.6 is 15.9 Å². The molecule has 128 valence electrons. The molecule has 0 amide bonds. The van der Waals surface area contributed by atoms with Gasteiger partial charge in [-0.05, 0) is 37.3 Å². The van der Waals surface area contributed by atoms with Crippen molar-refractivity contribution in [1.29, 1.82) is 0 Å². The van der Waals surface area contributed by atoms with Gasteiger partial charge in [0.2, 0.25) is 5.82 Å². The number of carbonyl (C=O) groups excluding carboxylic acids is 1. The highest BCUT2D eigenvalue weighted by Gasteiger charge is 2.18. The Balaban J connectivity index is 1.96. The number of hydrogen-bond acceptors (Lipinski definition) is 6. The summed E-state index contributed by atoms with van der Waals surface area (Å²) in [5, 5.41) is 3.96. The summed E-state index contributed by atoms with van der Waals surface area (Å²) in [4.78, 5) is 28.0. The fraction of sp³-hybridized carbons (Fsp3) is 0.176. The Labute approximate surface area is 151 Å². The molecule has 7 nitrogen and oxygen atoms in total. The van der Waals surface area contributed by atoms with Gasteiger partial charge in [-0.25, -0.2) is 4.79 Å². The third-order valence-corrected chi connectivity index (χ3v) is 4.20. The second-order valence-corrected chi connectivity index (χ2v) is 6.21. The topological polar surface area (TPSA) is 87.2 Å². The lowest BCUT2D eigenvalue weighted by molar-refractivity contribution is -0.144. The van der Waals surface area contributed by atoms with Crippen LogP contribution in [0.25, 0.3) is 22.8 Å². The number of benzene rings is 1. The molecule has 0 N–H and O–H groups in total. The van der Waals surface area contributed by atoms with Crippen LogP contribution in [0, 0.1) is 0 Å². The molecule has 0 unspecified atom stereocenters. The summed E-state index contributed by atoms with van der Waals surface area (Å²) < 4.78 is 12.2. The predicted octanol–water partition coefficient (Wildman–Crippen LogP) is 3.06. The van der Waals surface area contributed by atoms with Gasteiger partial charge in [0.25, 0.3) is 11.4 Å². The van der Waals surface area contributed by atoms with Crippen molar-refractivity contribution in [3.05, 3.63) is 57.4 Å². The molecule has 0 fully saturated rings. The average Bonchev–Trinajstić information content (AvgIpc) is 3.11. The highest BCUT2D eigenvalue weighted by molar-refractivity contribution is 9.10. The van der Waals surface area contributed by atoms with Crippen molar-refractivity contribution >= 4 is 21.9 Å². The lowest BCUT2D eigenvalue weighted by atomic mass is 10.2. The monoisotopic (exact) mass is 403 g/mol. The molecule has 0 bridgehead atoms. The Bertz CT molecular complexity index is 963. The lowest BCUT2D eigenvalue weighted by Crippen LogP contribution is -2.27. The molecule has 1 atom stereocenters. The molecule has 3 rings (SSSR count). The van der Waals surface area contributed by atoms with E-state index in [2.05, 4.69) is 30.8 Å². The highest BCUT2D eigenvalue weighted by atomic mass is 79.9. The number of ether oxygens (including phenoxy) is 1. The molecule has 0 saturated carbocycles. The molecule has 25 heavy (non-hydrogen) atoms. The van der Waals surface area contributed by atoms with Gasteiger partial charge >= 0.3 is 5.97 Å². The van der Waals surface area contributed by atoms with Crippen LogP contribution in [0.3, 0.4) is 0 Å². The first kappa shape index (κ1) is 17.1. The zero-order chi connectivity index (χ0) is 18.0. The molecule has 0 aliphatic rings. The summed E-state index contributed by atoms with van der Waals surface area (Å²) >= 11 is 3.37. The first-order chi connectivity index (χ1) is 12.0. The van der Waals surface area contributed by atoms with Crippen molar-refractivity contribution < 1.29 is 14.1 Å². The van der Waals surface area contributed by atoms with Crippen LogP contribution in [0.4, 0.5) is 0 Å². The molecule has 8 heteroatoms. The molecular weight excluding hydrogens is 390 g/mol. The van der Waals surface area contributed by atoms with E-state index in [1.54, 1.807) is 13.0 Å². The van der Waals surface area contributed by atoms with Crippen LogP contribution in [0.2, 0.25) is 0 Å². The smallest absolute Gasteiger partial charge is 0.328 e. The molecule has 0 radical (unpaired) electrons. The van der Waals surface area contributed by atoms with E-state index in [1.165, 1.54) is 23.9 Å². The second-order valence-electron chi connectivity index (χ2n) is 5.29. The molecule has 2 aromatic heterocycles. The van der Waals surface area contributed by atoms with Gasteiger partial charge in [0, 0.05) is 22.3 Å². The van der Waals surface area contributed by atoms with E-state index in [9.17, 15) is 9.59 Å². The van der Waals surface area contributed by atoms with Crippen molar-refractivity contribution in [3.8, 4) is 22.8 Å². The highest BCUT2D eigenvalue weighted by Crippen LogP contribution is 2.23. The maximum absolute atomic E-state index is 12.0. The number of esters is 1. The number of halogens is 1. The van der Waals surface area contributed by atoms with Crippen LogP contribution < -0.4 is 5.56 Å². The van der Waals surface area contributed by atoms with Gasteiger partial charge in [-0.15, -0.1) is 0 Å². The molecule has 0 saturated heterocycles. The molecule has 1 aromatic carbocycles. The Morgan fingerprint density at radius 1 is 1.20 bits per heavy atom.